The smallest absolute Gasteiger partial charge is 0.306 e. The Morgan fingerprint density at radius 2 is 2.22 bits per heavy atom. The first-order valence-electron chi connectivity index (χ1n) is 3.07. The predicted molar refractivity (Wildman–Crippen MR) is 29.9 cm³/mol. The van der Waals surface area contributed by atoms with Gasteiger partial charge in [-0.15, -0.1) is 0 Å². The highest BCUT2D eigenvalue weighted by Gasteiger charge is 2.29. The Labute approximate surface area is 52.7 Å². The number of halogens is 1. The Bertz CT molecular complexity index is 124. The van der Waals surface area contributed by atoms with Gasteiger partial charge in [-0.1, -0.05) is 0 Å². The zero-order valence-corrected chi connectivity index (χ0v) is 5.01. The summed E-state index contributed by atoms with van der Waals surface area (Å²) in [5.41, 5.74) is 0. The summed E-state index contributed by atoms with van der Waals surface area (Å²) in [7, 11) is 0. The average molecular weight is 132 g/mol. The number of hydrogen-bond acceptors (Lipinski definition) is 1. The second kappa shape index (κ2) is 2.33. The van der Waals surface area contributed by atoms with Gasteiger partial charge in [0.25, 0.3) is 0 Å². The molecule has 2 nitrogen and oxygen atoms in total. The van der Waals surface area contributed by atoms with Gasteiger partial charge in [0.15, 0.2) is 0 Å². The minimum absolute atomic E-state index is 0.218. The van der Waals surface area contributed by atoms with Crippen molar-refractivity contribution in [2.24, 2.45) is 5.92 Å². The van der Waals surface area contributed by atoms with Crippen LogP contribution in [0.4, 0.5) is 4.39 Å². The Kier molecular flexibility index (Phi) is 1.69. The highest BCUT2D eigenvalue weighted by Crippen LogP contribution is 2.27. The SMILES string of the molecule is O=C(O)C1CC[C@@H](F)C1. The van der Waals surface area contributed by atoms with Crippen molar-refractivity contribution in [3.05, 3.63) is 0 Å². The molecule has 0 spiro atoms. The first kappa shape index (κ1) is 6.52. The van der Waals surface area contributed by atoms with Crippen LogP contribution in [-0.4, -0.2) is 17.2 Å². The third-order valence-corrected chi connectivity index (χ3v) is 1.72. The quantitative estimate of drug-likeness (QED) is 0.582. The van der Waals surface area contributed by atoms with Crippen molar-refractivity contribution in [2.45, 2.75) is 25.4 Å². The summed E-state index contributed by atoms with van der Waals surface area (Å²) in [6.45, 7) is 0. The van der Waals surface area contributed by atoms with Crippen LogP contribution in [0.3, 0.4) is 0 Å². The van der Waals surface area contributed by atoms with Crippen molar-refractivity contribution in [3.63, 3.8) is 0 Å². The van der Waals surface area contributed by atoms with Crippen LogP contribution in [-0.2, 0) is 4.79 Å². The number of rotatable bonds is 1. The van der Waals surface area contributed by atoms with Gasteiger partial charge in [-0.25, -0.2) is 4.39 Å². The van der Waals surface area contributed by atoms with Gasteiger partial charge < -0.3 is 5.11 Å². The lowest BCUT2D eigenvalue weighted by Crippen LogP contribution is -2.09. The second-order valence-corrected chi connectivity index (χ2v) is 2.45. The fourth-order valence-electron chi connectivity index (χ4n) is 1.15. The van der Waals surface area contributed by atoms with Gasteiger partial charge in [0.2, 0.25) is 0 Å². The van der Waals surface area contributed by atoms with Crippen molar-refractivity contribution in [1.82, 2.24) is 0 Å². The molecule has 0 amide bonds. The molecule has 1 saturated carbocycles. The molecule has 1 unspecified atom stereocenters. The number of aliphatic carboxylic acids is 1. The topological polar surface area (TPSA) is 37.3 Å². The lowest BCUT2D eigenvalue weighted by atomic mass is 10.1. The van der Waals surface area contributed by atoms with Crippen LogP contribution in [0.1, 0.15) is 19.3 Å². The van der Waals surface area contributed by atoms with Crippen molar-refractivity contribution < 1.29 is 14.3 Å². The molecule has 1 rings (SSSR count). The Morgan fingerprint density at radius 3 is 2.44 bits per heavy atom. The molecule has 52 valence electrons. The Morgan fingerprint density at radius 1 is 1.56 bits per heavy atom. The van der Waals surface area contributed by atoms with Gasteiger partial charge in [-0.2, -0.15) is 0 Å². The first-order chi connectivity index (χ1) is 4.20. The third-order valence-electron chi connectivity index (χ3n) is 1.72. The Balaban J connectivity index is 2.39. The molecule has 0 saturated heterocycles. The van der Waals surface area contributed by atoms with Crippen LogP contribution in [0.2, 0.25) is 0 Å². The van der Waals surface area contributed by atoms with Crippen molar-refractivity contribution in [1.29, 1.82) is 0 Å². The van der Waals surface area contributed by atoms with Crippen molar-refractivity contribution in [3.8, 4) is 0 Å². The molecule has 1 aliphatic rings. The largest absolute Gasteiger partial charge is 0.481 e. The first-order valence-corrected chi connectivity index (χ1v) is 3.07. The number of hydrogen-bond donors (Lipinski definition) is 1. The van der Waals surface area contributed by atoms with E-state index in [-0.39, 0.29) is 6.42 Å². The van der Waals surface area contributed by atoms with Gasteiger partial charge in [0, 0.05) is 0 Å². The number of carbonyl (C=O) groups is 1. The molecular formula is C6H9FO2. The third kappa shape index (κ3) is 1.40. The van der Waals surface area contributed by atoms with E-state index in [1.807, 2.05) is 0 Å². The van der Waals surface area contributed by atoms with E-state index in [0.29, 0.717) is 12.8 Å². The van der Waals surface area contributed by atoms with Gasteiger partial charge in [-0.3, -0.25) is 4.79 Å². The molecule has 3 heteroatoms. The van der Waals surface area contributed by atoms with Crippen molar-refractivity contribution in [2.75, 3.05) is 0 Å². The lowest BCUT2D eigenvalue weighted by molar-refractivity contribution is -0.141. The molecule has 0 radical (unpaired) electrons. The van der Waals surface area contributed by atoms with Crippen LogP contribution in [0.25, 0.3) is 0 Å². The van der Waals surface area contributed by atoms with Crippen LogP contribution < -0.4 is 0 Å². The molecule has 1 aliphatic carbocycles. The number of carboxylic acid groups (broad SMARTS) is 1. The molecule has 0 aromatic heterocycles. The minimum atomic E-state index is -0.869. The summed E-state index contributed by atoms with van der Waals surface area (Å²) >= 11 is 0. The maximum atomic E-state index is 12.3. The molecule has 0 heterocycles. The molecule has 1 fully saturated rings. The summed E-state index contributed by atoms with van der Waals surface area (Å²) in [6, 6.07) is 0. The van der Waals surface area contributed by atoms with Gasteiger partial charge in [-0.05, 0) is 19.3 Å². The number of carboxylic acids is 1. The molecule has 9 heavy (non-hydrogen) atoms. The maximum Gasteiger partial charge on any atom is 0.306 e. The average Bonchev–Trinajstić information content (AvgIpc) is 2.14. The zero-order valence-electron chi connectivity index (χ0n) is 5.01. The summed E-state index contributed by atoms with van der Waals surface area (Å²) < 4.78 is 12.3. The summed E-state index contributed by atoms with van der Waals surface area (Å²) in [5.74, 6) is -1.27. The normalized spacial score (nSPS) is 34.8. The molecular weight excluding hydrogens is 123 g/mol. The molecule has 1 N–H and O–H groups in total. The van der Waals surface area contributed by atoms with E-state index in [1.165, 1.54) is 0 Å². The van der Waals surface area contributed by atoms with E-state index in [4.69, 9.17) is 5.11 Å². The van der Waals surface area contributed by atoms with E-state index in [2.05, 4.69) is 0 Å². The molecule has 0 aromatic carbocycles. The van der Waals surface area contributed by atoms with Crippen LogP contribution >= 0.6 is 0 Å². The fraction of sp³-hybridized carbons (Fsp3) is 0.833. The molecule has 0 bridgehead atoms. The zero-order chi connectivity index (χ0) is 6.85. The summed E-state index contributed by atoms with van der Waals surface area (Å²) in [6.07, 6.45) is 0.286. The van der Waals surface area contributed by atoms with E-state index in [1.54, 1.807) is 0 Å². The second-order valence-electron chi connectivity index (χ2n) is 2.45. The van der Waals surface area contributed by atoms with Crippen molar-refractivity contribution >= 4 is 5.97 Å². The maximum absolute atomic E-state index is 12.3. The monoisotopic (exact) mass is 132 g/mol. The van der Waals surface area contributed by atoms with Crippen LogP contribution in [0, 0.1) is 5.92 Å². The van der Waals surface area contributed by atoms with Gasteiger partial charge in [0.05, 0.1) is 5.92 Å². The van der Waals surface area contributed by atoms with Gasteiger partial charge >= 0.3 is 5.97 Å². The van der Waals surface area contributed by atoms with E-state index >= 15 is 0 Å². The summed E-state index contributed by atoms with van der Waals surface area (Å²) in [5, 5.41) is 8.36. The molecule has 2 atom stereocenters. The van der Waals surface area contributed by atoms with E-state index in [9.17, 15) is 9.18 Å². The Hall–Kier alpha value is -0.600. The fourth-order valence-corrected chi connectivity index (χ4v) is 1.15. The molecule has 0 aromatic rings. The molecule has 0 aliphatic heterocycles. The van der Waals surface area contributed by atoms with E-state index < -0.39 is 18.1 Å². The minimum Gasteiger partial charge on any atom is -0.481 e. The van der Waals surface area contributed by atoms with Crippen LogP contribution in [0.15, 0.2) is 0 Å². The highest BCUT2D eigenvalue weighted by molar-refractivity contribution is 5.70. The lowest BCUT2D eigenvalue weighted by Gasteiger charge is -1.98. The van der Waals surface area contributed by atoms with Crippen LogP contribution in [0.5, 0.6) is 0 Å². The van der Waals surface area contributed by atoms with E-state index in [0.717, 1.165) is 0 Å². The highest BCUT2D eigenvalue weighted by atomic mass is 19.1. The number of alkyl halides is 1. The predicted octanol–water partition coefficient (Wildman–Crippen LogP) is 1.21. The standard InChI is InChI=1S/C6H9FO2/c7-5-2-1-4(3-5)6(8)9/h4-5H,1-3H2,(H,8,9)/t4?,5-/m1/s1. The summed E-state index contributed by atoms with van der Waals surface area (Å²) in [4.78, 5) is 10.2. The van der Waals surface area contributed by atoms with Gasteiger partial charge in [0.1, 0.15) is 6.17 Å².